The van der Waals surface area contributed by atoms with E-state index in [0.717, 1.165) is 5.56 Å². The van der Waals surface area contributed by atoms with Crippen molar-refractivity contribution in [2.75, 3.05) is 0 Å². The Labute approximate surface area is 79.6 Å². The second-order valence-corrected chi connectivity index (χ2v) is 4.20. The van der Waals surface area contributed by atoms with Gasteiger partial charge in [0.05, 0.1) is 5.88 Å². The number of halogens is 1. The predicted molar refractivity (Wildman–Crippen MR) is 54.4 cm³/mol. The molecular formula is C11H14Cl. The average molecular weight is 182 g/mol. The third kappa shape index (κ3) is 2.25. The van der Waals surface area contributed by atoms with Crippen LogP contribution in [0.5, 0.6) is 0 Å². The van der Waals surface area contributed by atoms with E-state index in [1.54, 1.807) is 5.88 Å². The van der Waals surface area contributed by atoms with Crippen LogP contribution in [0.1, 0.15) is 31.9 Å². The molecule has 0 heterocycles. The molecule has 12 heavy (non-hydrogen) atoms. The highest BCUT2D eigenvalue weighted by molar-refractivity contribution is 6.25. The third-order valence-corrected chi connectivity index (χ3v) is 2.15. The molecule has 0 aliphatic rings. The normalized spacial score (nSPS) is 11.7. The van der Waals surface area contributed by atoms with Gasteiger partial charge in [0, 0.05) is 0 Å². The number of rotatable bonds is 1. The Balaban J connectivity index is 2.93. The molecule has 65 valence electrons. The molecule has 0 amide bonds. The van der Waals surface area contributed by atoms with Crippen LogP contribution < -0.4 is 0 Å². The lowest BCUT2D eigenvalue weighted by Crippen LogP contribution is -2.10. The number of hydrogen-bond donors (Lipinski definition) is 0. The molecule has 1 heteroatoms. The summed E-state index contributed by atoms with van der Waals surface area (Å²) in [5.41, 5.74) is 2.62. The van der Waals surface area contributed by atoms with Gasteiger partial charge in [-0.3, -0.25) is 0 Å². The van der Waals surface area contributed by atoms with Crippen molar-refractivity contribution >= 4 is 11.6 Å². The van der Waals surface area contributed by atoms with Crippen LogP contribution in [0.15, 0.2) is 24.3 Å². The molecule has 1 rings (SSSR count). The Morgan fingerprint density at radius 2 is 1.58 bits per heavy atom. The average Bonchev–Trinajstić information content (AvgIpc) is 2.03. The van der Waals surface area contributed by atoms with Crippen LogP contribution in [0.4, 0.5) is 0 Å². The van der Waals surface area contributed by atoms with E-state index in [1.165, 1.54) is 5.56 Å². The fourth-order valence-corrected chi connectivity index (χ4v) is 1.20. The van der Waals surface area contributed by atoms with Crippen molar-refractivity contribution in [2.24, 2.45) is 0 Å². The summed E-state index contributed by atoms with van der Waals surface area (Å²) in [6.07, 6.45) is 0. The lowest BCUT2D eigenvalue weighted by molar-refractivity contribution is 0.590. The highest BCUT2D eigenvalue weighted by atomic mass is 35.5. The van der Waals surface area contributed by atoms with E-state index < -0.39 is 0 Å². The third-order valence-electron chi connectivity index (χ3n) is 1.90. The molecule has 0 atom stereocenters. The van der Waals surface area contributed by atoms with E-state index >= 15 is 0 Å². The lowest BCUT2D eigenvalue weighted by atomic mass is 9.87. The molecule has 0 N–H and O–H groups in total. The van der Waals surface area contributed by atoms with Gasteiger partial charge in [-0.2, -0.15) is 0 Å². The van der Waals surface area contributed by atoms with Crippen molar-refractivity contribution in [1.82, 2.24) is 0 Å². The fraction of sp³-hybridized carbons (Fsp3) is 0.364. The summed E-state index contributed by atoms with van der Waals surface area (Å²) in [6, 6.07) is 8.31. The second kappa shape index (κ2) is 3.49. The van der Waals surface area contributed by atoms with E-state index in [2.05, 4.69) is 32.9 Å². The van der Waals surface area contributed by atoms with Gasteiger partial charge in [-0.25, -0.2) is 0 Å². The minimum absolute atomic E-state index is 0.227. The van der Waals surface area contributed by atoms with Crippen molar-refractivity contribution in [1.29, 1.82) is 0 Å². The molecule has 0 aliphatic heterocycles. The summed E-state index contributed by atoms with van der Waals surface area (Å²) < 4.78 is 0. The zero-order valence-corrected chi connectivity index (χ0v) is 8.52. The van der Waals surface area contributed by atoms with Crippen molar-refractivity contribution in [3.8, 4) is 0 Å². The molecular weight excluding hydrogens is 168 g/mol. The SMILES string of the molecule is CC(C)(C)c1ccc([CH]Cl)cc1. The smallest absolute Gasteiger partial charge is 0.0790 e. The van der Waals surface area contributed by atoms with Gasteiger partial charge in [0.25, 0.3) is 0 Å². The summed E-state index contributed by atoms with van der Waals surface area (Å²) in [7, 11) is 0. The van der Waals surface area contributed by atoms with E-state index in [-0.39, 0.29) is 5.41 Å². The first-order valence-corrected chi connectivity index (χ1v) is 4.51. The Hall–Kier alpha value is -0.490. The van der Waals surface area contributed by atoms with E-state index in [4.69, 9.17) is 11.6 Å². The standard InChI is InChI=1S/C11H14Cl/c1-11(2,3)10-6-4-9(8-12)5-7-10/h4-8H,1-3H3. The van der Waals surface area contributed by atoms with Gasteiger partial charge in [-0.05, 0) is 16.5 Å². The fourth-order valence-electron chi connectivity index (χ4n) is 1.06. The monoisotopic (exact) mass is 181 g/mol. The van der Waals surface area contributed by atoms with Crippen LogP contribution in [0.3, 0.4) is 0 Å². The van der Waals surface area contributed by atoms with Crippen molar-refractivity contribution in [3.63, 3.8) is 0 Å². The van der Waals surface area contributed by atoms with Crippen molar-refractivity contribution < 1.29 is 0 Å². The Kier molecular flexibility index (Phi) is 2.79. The molecule has 0 saturated heterocycles. The van der Waals surface area contributed by atoms with Gasteiger partial charge in [0.2, 0.25) is 0 Å². The first kappa shape index (κ1) is 9.60. The summed E-state index contributed by atoms with van der Waals surface area (Å²) in [6.45, 7) is 6.60. The quantitative estimate of drug-likeness (QED) is 0.620. The van der Waals surface area contributed by atoms with Gasteiger partial charge >= 0.3 is 0 Å². The maximum absolute atomic E-state index is 5.57. The summed E-state index contributed by atoms with van der Waals surface area (Å²) in [4.78, 5) is 0. The largest absolute Gasteiger partial charge is 0.116 e. The van der Waals surface area contributed by atoms with E-state index in [0.29, 0.717) is 0 Å². The maximum atomic E-state index is 5.57. The van der Waals surface area contributed by atoms with Crippen LogP contribution in [0.25, 0.3) is 0 Å². The number of benzene rings is 1. The van der Waals surface area contributed by atoms with Gasteiger partial charge in [-0.15, -0.1) is 11.6 Å². The van der Waals surface area contributed by atoms with Crippen LogP contribution >= 0.6 is 11.6 Å². The zero-order chi connectivity index (χ0) is 9.19. The highest BCUT2D eigenvalue weighted by Gasteiger charge is 2.12. The minimum atomic E-state index is 0.227. The first-order valence-electron chi connectivity index (χ1n) is 4.08. The molecule has 1 aromatic carbocycles. The predicted octanol–water partition coefficient (Wildman–Crippen LogP) is 3.73. The Morgan fingerprint density at radius 3 is 1.92 bits per heavy atom. The molecule has 0 spiro atoms. The van der Waals surface area contributed by atoms with Crippen LogP contribution in [0, 0.1) is 5.88 Å². The minimum Gasteiger partial charge on any atom is -0.116 e. The summed E-state index contributed by atoms with van der Waals surface area (Å²) in [5.74, 6) is 1.59. The molecule has 0 saturated carbocycles. The Morgan fingerprint density at radius 1 is 1.08 bits per heavy atom. The van der Waals surface area contributed by atoms with Crippen LogP contribution in [0.2, 0.25) is 0 Å². The molecule has 0 nitrogen and oxygen atoms in total. The van der Waals surface area contributed by atoms with Crippen LogP contribution in [-0.4, -0.2) is 0 Å². The zero-order valence-electron chi connectivity index (χ0n) is 7.76. The molecule has 0 aromatic heterocycles. The summed E-state index contributed by atoms with van der Waals surface area (Å²) in [5, 5.41) is 0. The highest BCUT2D eigenvalue weighted by Crippen LogP contribution is 2.22. The Bertz CT molecular complexity index is 241. The molecule has 1 radical (unpaired) electrons. The van der Waals surface area contributed by atoms with Gasteiger partial charge in [-0.1, -0.05) is 45.0 Å². The molecule has 0 aliphatic carbocycles. The molecule has 1 aromatic rings. The summed E-state index contributed by atoms with van der Waals surface area (Å²) >= 11 is 5.57. The van der Waals surface area contributed by atoms with Gasteiger partial charge < -0.3 is 0 Å². The molecule has 0 bridgehead atoms. The second-order valence-electron chi connectivity index (χ2n) is 3.98. The lowest BCUT2D eigenvalue weighted by Gasteiger charge is -2.18. The van der Waals surface area contributed by atoms with Crippen LogP contribution in [-0.2, 0) is 5.41 Å². The molecule has 0 unspecified atom stereocenters. The van der Waals surface area contributed by atoms with Gasteiger partial charge in [0.1, 0.15) is 0 Å². The molecule has 0 fully saturated rings. The van der Waals surface area contributed by atoms with Crippen molar-refractivity contribution in [2.45, 2.75) is 26.2 Å². The van der Waals surface area contributed by atoms with Crippen molar-refractivity contribution in [3.05, 3.63) is 41.3 Å². The van der Waals surface area contributed by atoms with E-state index in [1.807, 2.05) is 12.1 Å². The topological polar surface area (TPSA) is 0 Å². The van der Waals surface area contributed by atoms with Gasteiger partial charge in [0.15, 0.2) is 0 Å². The van der Waals surface area contributed by atoms with E-state index in [9.17, 15) is 0 Å². The first-order chi connectivity index (χ1) is 5.54. The number of hydrogen-bond acceptors (Lipinski definition) is 0. The maximum Gasteiger partial charge on any atom is 0.0790 e.